The minimum atomic E-state index is -0.723. The zero-order chi connectivity index (χ0) is 22.1. The van der Waals surface area contributed by atoms with Crippen LogP contribution in [0.3, 0.4) is 0 Å². The second-order valence-corrected chi connectivity index (χ2v) is 7.89. The molecule has 1 aliphatic rings. The summed E-state index contributed by atoms with van der Waals surface area (Å²) in [4.78, 5) is 28.6. The highest BCUT2D eigenvalue weighted by Gasteiger charge is 2.44. The molecular weight excluding hydrogens is 422 g/mol. The van der Waals surface area contributed by atoms with Gasteiger partial charge in [-0.3, -0.25) is 19.6 Å². The van der Waals surface area contributed by atoms with Crippen molar-refractivity contribution in [3.63, 3.8) is 0 Å². The number of benzene rings is 3. The van der Waals surface area contributed by atoms with Crippen molar-refractivity contribution in [3.05, 3.63) is 113 Å². The second kappa shape index (κ2) is 8.29. The van der Waals surface area contributed by atoms with E-state index in [-0.39, 0.29) is 17.3 Å². The zero-order valence-electron chi connectivity index (χ0n) is 16.9. The van der Waals surface area contributed by atoms with Gasteiger partial charge in [0.2, 0.25) is 0 Å². The largest absolute Gasteiger partial charge is 0.293 e. The van der Waals surface area contributed by atoms with Crippen molar-refractivity contribution in [2.75, 3.05) is 4.90 Å². The van der Waals surface area contributed by atoms with E-state index in [1.807, 2.05) is 72.8 Å². The number of amides is 1. The third-order valence-electron chi connectivity index (χ3n) is 5.48. The number of carbonyl (C=O) groups excluding carboxylic acids is 2. The number of Topliss-reactive ketones (excluding diaryl/α,β-unsaturated/α-hetero) is 1. The van der Waals surface area contributed by atoms with Crippen LogP contribution in [0.25, 0.3) is 17.2 Å². The van der Waals surface area contributed by atoms with Crippen LogP contribution in [0.1, 0.15) is 17.3 Å². The van der Waals surface area contributed by atoms with Gasteiger partial charge in [-0.05, 0) is 41.5 Å². The molecule has 5 rings (SSSR count). The number of aromatic amines is 1. The quantitative estimate of drug-likeness (QED) is 0.338. The van der Waals surface area contributed by atoms with E-state index in [0.29, 0.717) is 16.4 Å². The predicted octanol–water partition coefficient (Wildman–Crippen LogP) is 5.47. The summed E-state index contributed by atoms with van der Waals surface area (Å²) in [5.41, 5.74) is 3.80. The van der Waals surface area contributed by atoms with Crippen molar-refractivity contribution >= 4 is 35.1 Å². The van der Waals surface area contributed by atoms with Crippen LogP contribution >= 0.6 is 11.6 Å². The number of H-pyrrole nitrogens is 1. The second-order valence-electron chi connectivity index (χ2n) is 7.45. The zero-order valence-corrected chi connectivity index (χ0v) is 17.7. The molecule has 0 radical (unpaired) electrons. The monoisotopic (exact) mass is 439 g/mol. The number of nitrogens with zero attached hydrogens (tertiary/aromatic N) is 2. The molecule has 1 N–H and O–H groups in total. The number of hydrogen-bond donors (Lipinski definition) is 1. The molecule has 1 aromatic heterocycles. The van der Waals surface area contributed by atoms with Gasteiger partial charge in [-0.25, -0.2) is 0 Å². The lowest BCUT2D eigenvalue weighted by Gasteiger charge is -2.23. The minimum Gasteiger partial charge on any atom is -0.293 e. The van der Waals surface area contributed by atoms with Gasteiger partial charge in [0.05, 0.1) is 17.5 Å². The van der Waals surface area contributed by atoms with E-state index in [4.69, 9.17) is 11.6 Å². The summed E-state index contributed by atoms with van der Waals surface area (Å²) in [6.45, 7) is 0. The van der Waals surface area contributed by atoms with Crippen LogP contribution in [0.15, 0.2) is 96.7 Å². The lowest BCUT2D eigenvalue weighted by Crippen LogP contribution is -2.28. The number of para-hydroxylation sites is 1. The van der Waals surface area contributed by atoms with Gasteiger partial charge in [-0.2, -0.15) is 5.10 Å². The molecule has 1 saturated heterocycles. The molecule has 0 bridgehead atoms. The van der Waals surface area contributed by atoms with Crippen molar-refractivity contribution in [3.8, 4) is 11.1 Å². The maximum absolute atomic E-state index is 13.5. The summed E-state index contributed by atoms with van der Waals surface area (Å²) in [7, 11) is 0. The van der Waals surface area contributed by atoms with Crippen molar-refractivity contribution < 1.29 is 9.59 Å². The molecule has 6 heteroatoms. The molecule has 156 valence electrons. The van der Waals surface area contributed by atoms with E-state index in [1.54, 1.807) is 29.3 Å². The van der Waals surface area contributed by atoms with Gasteiger partial charge in [0.1, 0.15) is 6.04 Å². The lowest BCUT2D eigenvalue weighted by molar-refractivity contribution is -0.116. The molecule has 5 nitrogen and oxygen atoms in total. The molecule has 1 atom stereocenters. The van der Waals surface area contributed by atoms with Gasteiger partial charge in [0.15, 0.2) is 5.78 Å². The van der Waals surface area contributed by atoms with Gasteiger partial charge in [-0.15, -0.1) is 0 Å². The first-order valence-corrected chi connectivity index (χ1v) is 10.5. The Morgan fingerprint density at radius 3 is 2.22 bits per heavy atom. The predicted molar refractivity (Wildman–Crippen MR) is 125 cm³/mol. The molecule has 2 heterocycles. The number of hydrogen-bond acceptors (Lipinski definition) is 3. The average Bonchev–Trinajstić information content (AvgIpc) is 3.39. The first-order chi connectivity index (χ1) is 15.6. The van der Waals surface area contributed by atoms with Crippen molar-refractivity contribution in [2.45, 2.75) is 6.04 Å². The summed E-state index contributed by atoms with van der Waals surface area (Å²) < 4.78 is 0. The molecule has 1 fully saturated rings. The summed E-state index contributed by atoms with van der Waals surface area (Å²) >= 11 is 6.01. The fourth-order valence-corrected chi connectivity index (χ4v) is 4.08. The van der Waals surface area contributed by atoms with E-state index >= 15 is 0 Å². The number of nitrogens with one attached hydrogen (secondary N) is 1. The molecule has 1 amide bonds. The first-order valence-electron chi connectivity index (χ1n) is 10.1. The molecule has 1 aliphatic heterocycles. The molecule has 32 heavy (non-hydrogen) atoms. The Bertz CT molecular complexity index is 1250. The number of anilines is 1. The van der Waals surface area contributed by atoms with Gasteiger partial charge < -0.3 is 0 Å². The number of halogens is 1. The molecule has 4 aromatic rings. The van der Waals surface area contributed by atoms with Crippen LogP contribution in [0.5, 0.6) is 0 Å². The Kier molecular flexibility index (Phi) is 5.17. The summed E-state index contributed by atoms with van der Waals surface area (Å²) in [5.74, 6) is -0.589. The smallest absolute Gasteiger partial charge is 0.263 e. The maximum Gasteiger partial charge on any atom is 0.263 e. The standard InChI is InChI=1S/C26H18ClN3O2/c27-19-13-11-17(12-14-19)22-16-28-29-23(22)15-21-25(31)24(18-7-3-1-4-8-18)30(26(21)32)20-9-5-2-6-10-20/h1-16,24H,(H,28,29). The van der Waals surface area contributed by atoms with Crippen LogP contribution in [-0.2, 0) is 9.59 Å². The normalized spacial score (nSPS) is 17.3. The number of carbonyl (C=O) groups is 2. The van der Waals surface area contributed by atoms with Gasteiger partial charge in [0, 0.05) is 16.3 Å². The van der Waals surface area contributed by atoms with Crippen molar-refractivity contribution in [1.29, 1.82) is 0 Å². The lowest BCUT2D eigenvalue weighted by atomic mass is 9.99. The Balaban J connectivity index is 1.61. The summed E-state index contributed by atoms with van der Waals surface area (Å²) in [6, 6.07) is 25.2. The van der Waals surface area contributed by atoms with Crippen molar-refractivity contribution in [2.24, 2.45) is 0 Å². The Morgan fingerprint density at radius 1 is 0.875 bits per heavy atom. The van der Waals surface area contributed by atoms with E-state index in [1.165, 1.54) is 0 Å². The van der Waals surface area contributed by atoms with Gasteiger partial charge in [0.25, 0.3) is 5.91 Å². The molecule has 0 aliphatic carbocycles. The topological polar surface area (TPSA) is 66.1 Å². The van der Waals surface area contributed by atoms with Crippen molar-refractivity contribution in [1.82, 2.24) is 10.2 Å². The Labute approximate surface area is 190 Å². The number of aromatic nitrogens is 2. The highest BCUT2D eigenvalue weighted by molar-refractivity contribution is 6.35. The van der Waals surface area contributed by atoms with Gasteiger partial charge in [-0.1, -0.05) is 72.3 Å². The van der Waals surface area contributed by atoms with Crippen LogP contribution in [0, 0.1) is 0 Å². The fraction of sp³-hybridized carbons (Fsp3) is 0.0385. The molecule has 1 unspecified atom stereocenters. The van der Waals surface area contributed by atoms with E-state index in [9.17, 15) is 9.59 Å². The third-order valence-corrected chi connectivity index (χ3v) is 5.74. The first kappa shape index (κ1) is 20.0. The molecule has 3 aromatic carbocycles. The van der Waals surface area contributed by atoms with Crippen LogP contribution in [0.2, 0.25) is 5.02 Å². The Hall–Kier alpha value is -3.96. The SMILES string of the molecule is O=C1C(=Cc2[nH]ncc2-c2ccc(Cl)cc2)C(=O)N(c2ccccc2)C1c1ccccc1. The van der Waals surface area contributed by atoms with Crippen LogP contribution in [-0.4, -0.2) is 21.9 Å². The molecule has 0 saturated carbocycles. The Morgan fingerprint density at radius 2 is 1.53 bits per heavy atom. The molecule has 0 spiro atoms. The third kappa shape index (κ3) is 3.53. The minimum absolute atomic E-state index is 0.113. The fourth-order valence-electron chi connectivity index (χ4n) is 3.95. The summed E-state index contributed by atoms with van der Waals surface area (Å²) in [5, 5.41) is 7.67. The highest BCUT2D eigenvalue weighted by atomic mass is 35.5. The maximum atomic E-state index is 13.5. The molecular formula is C26H18ClN3O2. The van der Waals surface area contributed by atoms with E-state index < -0.39 is 6.04 Å². The van der Waals surface area contributed by atoms with Gasteiger partial charge >= 0.3 is 0 Å². The number of rotatable bonds is 4. The highest BCUT2D eigenvalue weighted by Crippen LogP contribution is 2.38. The number of ketones is 1. The average molecular weight is 440 g/mol. The van der Waals surface area contributed by atoms with E-state index in [2.05, 4.69) is 10.2 Å². The van der Waals surface area contributed by atoms with Crippen LogP contribution < -0.4 is 4.90 Å². The van der Waals surface area contributed by atoms with Crippen LogP contribution in [0.4, 0.5) is 5.69 Å². The summed E-state index contributed by atoms with van der Waals surface area (Å²) in [6.07, 6.45) is 3.27. The van der Waals surface area contributed by atoms with E-state index in [0.717, 1.165) is 16.7 Å².